The summed E-state index contributed by atoms with van der Waals surface area (Å²) >= 11 is 6.32. The highest BCUT2D eigenvalue weighted by atomic mass is 127. The van der Waals surface area contributed by atoms with Gasteiger partial charge in [0.1, 0.15) is 0 Å². The number of hydrogen-bond acceptors (Lipinski definition) is 2. The highest BCUT2D eigenvalue weighted by Crippen LogP contribution is 2.18. The lowest BCUT2D eigenvalue weighted by Gasteiger charge is -1.96. The van der Waals surface area contributed by atoms with Crippen LogP contribution in [0.25, 0.3) is 0 Å². The van der Waals surface area contributed by atoms with Gasteiger partial charge in [-0.3, -0.25) is 0 Å². The van der Waals surface area contributed by atoms with Crippen LogP contribution in [0.15, 0.2) is 23.1 Å². The fraction of sp³-hybridized carbons (Fsp3) is 0. The zero-order valence-electron chi connectivity index (χ0n) is 4.63. The topological polar surface area (TPSA) is 26.0 Å². The van der Waals surface area contributed by atoms with Crippen molar-refractivity contribution in [3.05, 3.63) is 21.8 Å². The Kier molecular flexibility index (Phi) is 2.23. The fourth-order valence-corrected chi connectivity index (χ4v) is 1.18. The molecule has 2 N–H and O–H groups in total. The van der Waals surface area contributed by atoms with E-state index in [2.05, 4.69) is 35.2 Å². The minimum Gasteiger partial charge on any atom is -0.398 e. The van der Waals surface area contributed by atoms with Crippen molar-refractivity contribution in [2.24, 2.45) is 0 Å². The molecule has 0 bridgehead atoms. The molecule has 0 spiro atoms. The van der Waals surface area contributed by atoms with Crippen LogP contribution in [-0.4, -0.2) is 0 Å². The molecular formula is C6H6INS. The summed E-state index contributed by atoms with van der Waals surface area (Å²) in [6.45, 7) is 0. The van der Waals surface area contributed by atoms with Gasteiger partial charge in [-0.25, -0.2) is 0 Å². The summed E-state index contributed by atoms with van der Waals surface area (Å²) in [6, 6.07) is 5.75. The molecule has 0 atom stereocenters. The monoisotopic (exact) mass is 251 g/mol. The molecule has 0 radical (unpaired) electrons. The van der Waals surface area contributed by atoms with E-state index < -0.39 is 0 Å². The first-order valence-corrected chi connectivity index (χ1v) is 3.97. The molecule has 0 aliphatic rings. The molecule has 1 nitrogen and oxygen atoms in total. The first kappa shape index (κ1) is 7.21. The molecule has 0 aliphatic carbocycles. The maximum atomic E-state index is 5.54. The molecule has 48 valence electrons. The van der Waals surface area contributed by atoms with E-state index in [1.54, 1.807) is 0 Å². The van der Waals surface area contributed by atoms with E-state index in [0.29, 0.717) is 0 Å². The van der Waals surface area contributed by atoms with Gasteiger partial charge in [-0.1, -0.05) is 0 Å². The number of anilines is 1. The Morgan fingerprint density at radius 3 is 2.56 bits per heavy atom. The third-order valence-electron chi connectivity index (χ3n) is 0.990. The molecule has 0 heterocycles. The van der Waals surface area contributed by atoms with Crippen molar-refractivity contribution >= 4 is 40.9 Å². The third-order valence-corrected chi connectivity index (χ3v) is 2.07. The number of benzene rings is 1. The quantitative estimate of drug-likeness (QED) is 0.412. The van der Waals surface area contributed by atoms with Crippen LogP contribution in [0.5, 0.6) is 0 Å². The van der Waals surface area contributed by atoms with Gasteiger partial charge in [-0.15, -0.1) is 12.6 Å². The van der Waals surface area contributed by atoms with E-state index in [0.717, 1.165) is 14.2 Å². The van der Waals surface area contributed by atoms with Gasteiger partial charge in [0.05, 0.1) is 0 Å². The molecule has 0 saturated heterocycles. The van der Waals surface area contributed by atoms with Crippen LogP contribution < -0.4 is 5.73 Å². The van der Waals surface area contributed by atoms with Crippen LogP contribution >= 0.6 is 35.2 Å². The van der Waals surface area contributed by atoms with E-state index in [4.69, 9.17) is 5.73 Å². The van der Waals surface area contributed by atoms with Gasteiger partial charge >= 0.3 is 0 Å². The lowest BCUT2D eigenvalue weighted by atomic mass is 10.3. The van der Waals surface area contributed by atoms with Gasteiger partial charge in [0.25, 0.3) is 0 Å². The average Bonchev–Trinajstić information content (AvgIpc) is 1.80. The lowest BCUT2D eigenvalue weighted by Crippen LogP contribution is -1.86. The minimum atomic E-state index is 0.741. The first-order chi connectivity index (χ1) is 4.20. The normalized spacial score (nSPS) is 9.56. The molecule has 1 rings (SSSR count). The van der Waals surface area contributed by atoms with Crippen molar-refractivity contribution in [1.82, 2.24) is 0 Å². The van der Waals surface area contributed by atoms with E-state index in [1.807, 2.05) is 18.2 Å². The Labute approximate surface area is 73.2 Å². The van der Waals surface area contributed by atoms with Gasteiger partial charge in [-0.05, 0) is 40.8 Å². The molecule has 0 saturated carbocycles. The van der Waals surface area contributed by atoms with Crippen molar-refractivity contribution in [2.45, 2.75) is 4.90 Å². The second-order valence-electron chi connectivity index (χ2n) is 1.70. The van der Waals surface area contributed by atoms with Crippen molar-refractivity contribution < 1.29 is 0 Å². The molecule has 9 heavy (non-hydrogen) atoms. The Balaban J connectivity index is 3.17. The molecule has 0 aliphatic heterocycles. The summed E-state index contributed by atoms with van der Waals surface area (Å²) in [4.78, 5) is 0.843. The number of hydrogen-bond donors (Lipinski definition) is 2. The van der Waals surface area contributed by atoms with Gasteiger partial charge in [-0.2, -0.15) is 0 Å². The molecule has 0 aromatic heterocycles. The molecule has 3 heteroatoms. The van der Waals surface area contributed by atoms with E-state index in [-0.39, 0.29) is 0 Å². The smallest absolute Gasteiger partial charge is 0.0460 e. The molecule has 0 amide bonds. The van der Waals surface area contributed by atoms with Crippen molar-refractivity contribution in [1.29, 1.82) is 0 Å². The minimum absolute atomic E-state index is 0.741. The molecule has 1 aromatic rings. The van der Waals surface area contributed by atoms with Crippen LogP contribution in [0.1, 0.15) is 0 Å². The van der Waals surface area contributed by atoms with Gasteiger partial charge < -0.3 is 5.73 Å². The van der Waals surface area contributed by atoms with Crippen LogP contribution in [0.4, 0.5) is 5.69 Å². The van der Waals surface area contributed by atoms with Gasteiger partial charge in [0.15, 0.2) is 0 Å². The van der Waals surface area contributed by atoms with Crippen molar-refractivity contribution in [2.75, 3.05) is 5.73 Å². The summed E-state index contributed by atoms with van der Waals surface area (Å²) in [6.07, 6.45) is 0. The number of nitrogen functional groups attached to an aromatic ring is 1. The summed E-state index contributed by atoms with van der Waals surface area (Å²) in [5.74, 6) is 0. The van der Waals surface area contributed by atoms with Gasteiger partial charge in [0, 0.05) is 14.2 Å². The van der Waals surface area contributed by atoms with E-state index in [9.17, 15) is 0 Å². The Hall–Kier alpha value is 0.1000. The highest BCUT2D eigenvalue weighted by molar-refractivity contribution is 14.1. The maximum absolute atomic E-state index is 5.54. The third kappa shape index (κ3) is 1.76. The highest BCUT2D eigenvalue weighted by Gasteiger charge is 1.91. The maximum Gasteiger partial charge on any atom is 0.0460 e. The standard InChI is InChI=1S/C6H6INS/c7-4-1-2-6(9)5(8)3-4/h1-3,9H,8H2. The molecule has 0 unspecified atom stereocenters. The Bertz CT molecular complexity index is 224. The fourth-order valence-electron chi connectivity index (χ4n) is 0.525. The average molecular weight is 251 g/mol. The number of thiol groups is 1. The first-order valence-electron chi connectivity index (χ1n) is 2.44. The SMILES string of the molecule is Nc1cc(I)ccc1S. The number of halogens is 1. The van der Waals surface area contributed by atoms with Crippen molar-refractivity contribution in [3.8, 4) is 0 Å². The van der Waals surface area contributed by atoms with Crippen LogP contribution in [-0.2, 0) is 0 Å². The zero-order chi connectivity index (χ0) is 6.85. The van der Waals surface area contributed by atoms with Crippen LogP contribution in [0.3, 0.4) is 0 Å². The Morgan fingerprint density at radius 1 is 1.44 bits per heavy atom. The predicted octanol–water partition coefficient (Wildman–Crippen LogP) is 2.16. The lowest BCUT2D eigenvalue weighted by molar-refractivity contribution is 1.45. The summed E-state index contributed by atoms with van der Waals surface area (Å²) in [5.41, 5.74) is 6.28. The number of nitrogens with two attached hydrogens (primary N) is 1. The summed E-state index contributed by atoms with van der Waals surface area (Å²) in [7, 11) is 0. The number of rotatable bonds is 0. The summed E-state index contributed by atoms with van der Waals surface area (Å²) < 4.78 is 1.14. The van der Waals surface area contributed by atoms with Crippen molar-refractivity contribution in [3.63, 3.8) is 0 Å². The second kappa shape index (κ2) is 2.79. The second-order valence-corrected chi connectivity index (χ2v) is 3.43. The predicted molar refractivity (Wildman–Crippen MR) is 50.8 cm³/mol. The van der Waals surface area contributed by atoms with E-state index >= 15 is 0 Å². The largest absolute Gasteiger partial charge is 0.398 e. The molecule has 0 fully saturated rings. The molecular weight excluding hydrogens is 245 g/mol. The van der Waals surface area contributed by atoms with Gasteiger partial charge in [0.2, 0.25) is 0 Å². The van der Waals surface area contributed by atoms with Crippen LogP contribution in [0.2, 0.25) is 0 Å². The van der Waals surface area contributed by atoms with E-state index in [1.165, 1.54) is 0 Å². The summed E-state index contributed by atoms with van der Waals surface area (Å²) in [5, 5.41) is 0. The zero-order valence-corrected chi connectivity index (χ0v) is 7.69. The van der Waals surface area contributed by atoms with Crippen LogP contribution in [0, 0.1) is 3.57 Å². The molecule has 1 aromatic carbocycles. The Morgan fingerprint density at radius 2 is 2.11 bits per heavy atom.